The highest BCUT2D eigenvalue weighted by Crippen LogP contribution is 2.37. The Labute approximate surface area is 159 Å². The number of amides is 1. The van der Waals surface area contributed by atoms with E-state index in [1.807, 2.05) is 27.7 Å². The summed E-state index contributed by atoms with van der Waals surface area (Å²) in [5.74, 6) is -0.263. The second-order valence-electron chi connectivity index (χ2n) is 8.07. The van der Waals surface area contributed by atoms with Crippen molar-refractivity contribution < 1.29 is 27.6 Å². The first-order valence-corrected chi connectivity index (χ1v) is 9.34. The normalized spacial score (nSPS) is 21.6. The lowest BCUT2D eigenvalue weighted by Crippen LogP contribution is -2.41. The molecule has 27 heavy (non-hydrogen) atoms. The third kappa shape index (κ3) is 4.11. The van der Waals surface area contributed by atoms with E-state index in [0.717, 1.165) is 19.3 Å². The van der Waals surface area contributed by atoms with Crippen LogP contribution in [0.5, 0.6) is 5.75 Å². The predicted molar refractivity (Wildman–Crippen MR) is 98.5 cm³/mol. The SMILES string of the molecule is CC1(C)OB(c2ccc(C(=O)N3CCCCC3)cc2OC(F)F)OC1(C)C. The summed E-state index contributed by atoms with van der Waals surface area (Å²) in [4.78, 5) is 14.4. The van der Waals surface area contributed by atoms with Gasteiger partial charge in [-0.15, -0.1) is 0 Å². The Morgan fingerprint density at radius 2 is 1.70 bits per heavy atom. The van der Waals surface area contributed by atoms with Crippen molar-refractivity contribution in [3.63, 3.8) is 0 Å². The number of ether oxygens (including phenoxy) is 1. The van der Waals surface area contributed by atoms with Gasteiger partial charge in [0.2, 0.25) is 0 Å². The lowest BCUT2D eigenvalue weighted by molar-refractivity contribution is -0.0493. The number of benzene rings is 1. The van der Waals surface area contributed by atoms with Gasteiger partial charge < -0.3 is 18.9 Å². The van der Waals surface area contributed by atoms with Crippen LogP contribution in [0.2, 0.25) is 0 Å². The molecule has 0 aromatic heterocycles. The molecule has 2 fully saturated rings. The molecule has 0 unspecified atom stereocenters. The van der Waals surface area contributed by atoms with Crippen LogP contribution >= 0.6 is 0 Å². The molecule has 2 aliphatic rings. The van der Waals surface area contributed by atoms with Gasteiger partial charge in [-0.05, 0) is 59.1 Å². The number of nitrogens with zero attached hydrogens (tertiary/aromatic N) is 1. The van der Waals surface area contributed by atoms with Gasteiger partial charge in [-0.1, -0.05) is 6.07 Å². The number of rotatable bonds is 4. The molecular weight excluding hydrogens is 355 g/mol. The molecule has 2 saturated heterocycles. The summed E-state index contributed by atoms with van der Waals surface area (Å²) >= 11 is 0. The molecule has 0 atom stereocenters. The summed E-state index contributed by atoms with van der Waals surface area (Å²) in [5, 5.41) is 0. The van der Waals surface area contributed by atoms with Gasteiger partial charge in [0.1, 0.15) is 5.75 Å². The van der Waals surface area contributed by atoms with Crippen molar-refractivity contribution in [1.82, 2.24) is 4.90 Å². The minimum absolute atomic E-state index is 0.0913. The predicted octanol–water partition coefficient (Wildman–Crippen LogP) is 3.21. The van der Waals surface area contributed by atoms with Crippen LogP contribution in [0.25, 0.3) is 0 Å². The van der Waals surface area contributed by atoms with Crippen LogP contribution < -0.4 is 10.2 Å². The standard InChI is InChI=1S/C19H26BF2NO4/c1-18(2)19(3,4)27-20(26-18)14-9-8-13(12-15(14)25-17(21)22)16(24)23-10-6-5-7-11-23/h8-9,12,17H,5-7,10-11H2,1-4H3. The Kier molecular flexibility index (Phi) is 5.50. The average molecular weight is 381 g/mol. The first-order chi connectivity index (χ1) is 12.6. The molecule has 8 heteroatoms. The van der Waals surface area contributed by atoms with Crippen molar-refractivity contribution in [2.45, 2.75) is 64.8 Å². The van der Waals surface area contributed by atoms with Gasteiger partial charge in [-0.3, -0.25) is 4.79 Å². The fraction of sp³-hybridized carbons (Fsp3) is 0.632. The molecular formula is C19H26BF2NO4. The number of alkyl halides is 2. The Morgan fingerprint density at radius 1 is 1.11 bits per heavy atom. The molecule has 2 heterocycles. The van der Waals surface area contributed by atoms with Crippen LogP contribution in [0.4, 0.5) is 8.78 Å². The lowest BCUT2D eigenvalue weighted by Gasteiger charge is -2.32. The molecule has 0 aliphatic carbocycles. The summed E-state index contributed by atoms with van der Waals surface area (Å²) in [6.45, 7) is 5.89. The van der Waals surface area contributed by atoms with Crippen molar-refractivity contribution in [2.75, 3.05) is 13.1 Å². The maximum atomic E-state index is 13.0. The number of likely N-dealkylation sites (tertiary alicyclic amines) is 1. The van der Waals surface area contributed by atoms with E-state index < -0.39 is 24.9 Å². The van der Waals surface area contributed by atoms with E-state index >= 15 is 0 Å². The second-order valence-corrected chi connectivity index (χ2v) is 8.07. The van der Waals surface area contributed by atoms with E-state index in [4.69, 9.17) is 14.0 Å². The second kappa shape index (κ2) is 7.39. The highest BCUT2D eigenvalue weighted by Gasteiger charge is 2.52. The minimum atomic E-state index is -3.01. The number of piperidine rings is 1. The van der Waals surface area contributed by atoms with Gasteiger partial charge in [-0.25, -0.2) is 0 Å². The summed E-state index contributed by atoms with van der Waals surface area (Å²) in [7, 11) is -0.845. The molecule has 148 valence electrons. The summed E-state index contributed by atoms with van der Waals surface area (Å²) in [5.41, 5.74) is -0.540. The van der Waals surface area contributed by atoms with E-state index in [2.05, 4.69) is 0 Å². The molecule has 0 saturated carbocycles. The van der Waals surface area contributed by atoms with Gasteiger partial charge in [-0.2, -0.15) is 8.78 Å². The van der Waals surface area contributed by atoms with Gasteiger partial charge in [0.05, 0.1) is 11.2 Å². The van der Waals surface area contributed by atoms with Crippen LogP contribution in [0.1, 0.15) is 57.3 Å². The van der Waals surface area contributed by atoms with Crippen molar-refractivity contribution in [3.8, 4) is 5.75 Å². The molecule has 1 amide bonds. The number of carbonyl (C=O) groups is 1. The third-order valence-corrected chi connectivity index (χ3v) is 5.63. The van der Waals surface area contributed by atoms with Crippen molar-refractivity contribution in [3.05, 3.63) is 23.8 Å². The minimum Gasteiger partial charge on any atom is -0.435 e. The molecule has 0 radical (unpaired) electrons. The smallest absolute Gasteiger partial charge is 0.435 e. The molecule has 1 aromatic rings. The molecule has 1 aromatic carbocycles. The molecule has 3 rings (SSSR count). The van der Waals surface area contributed by atoms with Crippen molar-refractivity contribution in [1.29, 1.82) is 0 Å². The van der Waals surface area contributed by atoms with Crippen LogP contribution in [0.3, 0.4) is 0 Å². The fourth-order valence-electron chi connectivity index (χ4n) is 3.31. The highest BCUT2D eigenvalue weighted by atomic mass is 19.3. The highest BCUT2D eigenvalue weighted by molar-refractivity contribution is 6.63. The Hall–Kier alpha value is -1.67. The zero-order chi connectivity index (χ0) is 19.8. The summed E-state index contributed by atoms with van der Waals surface area (Å²) in [6, 6.07) is 4.57. The lowest BCUT2D eigenvalue weighted by atomic mass is 9.78. The van der Waals surface area contributed by atoms with Gasteiger partial charge in [0, 0.05) is 24.1 Å². The van der Waals surface area contributed by atoms with Gasteiger partial charge >= 0.3 is 13.7 Å². The summed E-state index contributed by atoms with van der Waals surface area (Å²) < 4.78 is 42.6. The van der Waals surface area contributed by atoms with Crippen molar-refractivity contribution >= 4 is 18.5 Å². The van der Waals surface area contributed by atoms with Gasteiger partial charge in [0.25, 0.3) is 5.91 Å². The van der Waals surface area contributed by atoms with E-state index in [0.29, 0.717) is 24.1 Å². The molecule has 5 nitrogen and oxygen atoms in total. The maximum Gasteiger partial charge on any atom is 0.498 e. The van der Waals surface area contributed by atoms with Crippen LogP contribution in [0.15, 0.2) is 18.2 Å². The molecule has 2 aliphatic heterocycles. The third-order valence-electron chi connectivity index (χ3n) is 5.63. The van der Waals surface area contributed by atoms with E-state index in [-0.39, 0.29) is 11.7 Å². The Balaban J connectivity index is 1.90. The first kappa shape index (κ1) is 20.1. The van der Waals surface area contributed by atoms with E-state index in [1.165, 1.54) is 6.07 Å². The largest absolute Gasteiger partial charge is 0.498 e. The quantitative estimate of drug-likeness (QED) is 0.752. The molecule has 0 N–H and O–H groups in total. The topological polar surface area (TPSA) is 48.0 Å². The zero-order valence-corrected chi connectivity index (χ0v) is 16.3. The number of hydrogen-bond acceptors (Lipinski definition) is 4. The van der Waals surface area contributed by atoms with Crippen molar-refractivity contribution in [2.24, 2.45) is 0 Å². The van der Waals surface area contributed by atoms with Gasteiger partial charge in [0.15, 0.2) is 0 Å². The molecule has 0 bridgehead atoms. The van der Waals surface area contributed by atoms with Crippen LogP contribution in [-0.4, -0.2) is 48.8 Å². The number of hydrogen-bond donors (Lipinski definition) is 0. The van der Waals surface area contributed by atoms with E-state index in [9.17, 15) is 13.6 Å². The molecule has 0 spiro atoms. The monoisotopic (exact) mass is 381 g/mol. The Bertz CT molecular complexity index is 689. The Morgan fingerprint density at radius 3 is 2.26 bits per heavy atom. The maximum absolute atomic E-state index is 13.0. The zero-order valence-electron chi connectivity index (χ0n) is 16.3. The van der Waals surface area contributed by atoms with E-state index in [1.54, 1.807) is 17.0 Å². The van der Waals surface area contributed by atoms with Crippen LogP contribution in [0, 0.1) is 0 Å². The van der Waals surface area contributed by atoms with Crippen LogP contribution in [-0.2, 0) is 9.31 Å². The fourth-order valence-corrected chi connectivity index (χ4v) is 3.31. The number of halogens is 2. The average Bonchev–Trinajstić information content (AvgIpc) is 2.82. The summed E-state index contributed by atoms with van der Waals surface area (Å²) in [6.07, 6.45) is 3.01. The number of carbonyl (C=O) groups excluding carboxylic acids is 1. The first-order valence-electron chi connectivity index (χ1n) is 9.34.